The Labute approximate surface area is 143 Å². The summed E-state index contributed by atoms with van der Waals surface area (Å²) in [6, 6.07) is 4.84. The van der Waals surface area contributed by atoms with Crippen LogP contribution in [0.25, 0.3) is 0 Å². The van der Waals surface area contributed by atoms with E-state index in [-0.39, 0.29) is 22.7 Å². The Morgan fingerprint density at radius 2 is 2.21 bits per heavy atom. The highest BCUT2D eigenvalue weighted by molar-refractivity contribution is 6.29. The fourth-order valence-electron chi connectivity index (χ4n) is 2.40. The average molecular weight is 350 g/mol. The van der Waals surface area contributed by atoms with Gasteiger partial charge in [0, 0.05) is 23.6 Å². The summed E-state index contributed by atoms with van der Waals surface area (Å²) in [4.78, 5) is 19.0. The van der Waals surface area contributed by atoms with Crippen LogP contribution in [0.5, 0.6) is 5.75 Å². The molecule has 1 fully saturated rings. The van der Waals surface area contributed by atoms with Crippen LogP contribution in [0.2, 0.25) is 5.15 Å². The molecule has 1 aliphatic heterocycles. The molecule has 0 amide bonds. The first-order chi connectivity index (χ1) is 11.5. The molecule has 0 saturated carbocycles. The zero-order valence-corrected chi connectivity index (χ0v) is 13.8. The molecule has 0 unspecified atom stereocenters. The number of benzene rings is 1. The molecule has 2 aromatic rings. The monoisotopic (exact) mass is 349 g/mol. The topological polar surface area (TPSA) is 87.4 Å². The second-order valence-corrected chi connectivity index (χ2v) is 6.54. The number of ether oxygens (including phenoxy) is 2. The van der Waals surface area contributed by atoms with E-state index >= 15 is 0 Å². The molecule has 7 nitrogen and oxygen atoms in total. The molecule has 1 aromatic carbocycles. The summed E-state index contributed by atoms with van der Waals surface area (Å²) in [6.45, 7) is 3.79. The molecule has 0 atom stereocenters. The molecule has 2 heterocycles. The van der Waals surface area contributed by atoms with Crippen molar-refractivity contribution in [3.05, 3.63) is 57.1 Å². The molecule has 126 valence electrons. The molecular formula is C16H16ClN3O4. The van der Waals surface area contributed by atoms with E-state index < -0.39 is 4.92 Å². The van der Waals surface area contributed by atoms with Gasteiger partial charge in [-0.3, -0.25) is 15.1 Å². The number of hydrogen-bond donors (Lipinski definition) is 0. The lowest BCUT2D eigenvalue weighted by molar-refractivity contribution is -0.385. The van der Waals surface area contributed by atoms with Gasteiger partial charge >= 0.3 is 0 Å². The van der Waals surface area contributed by atoms with Crippen molar-refractivity contribution >= 4 is 17.3 Å². The van der Waals surface area contributed by atoms with Crippen molar-refractivity contribution in [3.63, 3.8) is 0 Å². The van der Waals surface area contributed by atoms with E-state index in [1.54, 1.807) is 12.1 Å². The number of nitrogens with zero attached hydrogens (tertiary/aromatic N) is 3. The minimum Gasteiger partial charge on any atom is -0.493 e. The highest BCUT2D eigenvalue weighted by Gasteiger charge is 2.34. The molecule has 1 saturated heterocycles. The molecule has 24 heavy (non-hydrogen) atoms. The molecule has 8 heteroatoms. The molecule has 0 N–H and O–H groups in total. The van der Waals surface area contributed by atoms with Crippen LogP contribution in [0.15, 0.2) is 30.6 Å². The van der Waals surface area contributed by atoms with Gasteiger partial charge in [-0.2, -0.15) is 0 Å². The number of aromatic nitrogens is 2. The summed E-state index contributed by atoms with van der Waals surface area (Å²) in [6.07, 6.45) is 3.23. The molecule has 0 bridgehead atoms. The molecule has 1 aliphatic rings. The third-order valence-electron chi connectivity index (χ3n) is 3.77. The lowest BCUT2D eigenvalue weighted by atomic mass is 9.90. The quantitative estimate of drug-likeness (QED) is 0.588. The van der Waals surface area contributed by atoms with E-state index in [2.05, 4.69) is 16.9 Å². The van der Waals surface area contributed by atoms with Crippen LogP contribution in [0.1, 0.15) is 18.2 Å². The number of nitro benzene ring substituents is 1. The van der Waals surface area contributed by atoms with Gasteiger partial charge in [0.05, 0.1) is 42.7 Å². The number of halogens is 1. The molecule has 1 aromatic heterocycles. The van der Waals surface area contributed by atoms with Crippen molar-refractivity contribution in [2.24, 2.45) is 5.41 Å². The Balaban J connectivity index is 1.78. The second kappa shape index (κ2) is 6.70. The Hall–Kier alpha value is -2.25. The van der Waals surface area contributed by atoms with Gasteiger partial charge in [0.25, 0.3) is 5.69 Å². The van der Waals surface area contributed by atoms with Crippen molar-refractivity contribution in [2.75, 3.05) is 19.8 Å². The van der Waals surface area contributed by atoms with Gasteiger partial charge in [-0.05, 0) is 12.1 Å². The molecular weight excluding hydrogens is 334 g/mol. The van der Waals surface area contributed by atoms with Gasteiger partial charge in [0.15, 0.2) is 0 Å². The number of nitro groups is 1. The first-order valence-corrected chi connectivity index (χ1v) is 7.77. The number of hydrogen-bond acceptors (Lipinski definition) is 6. The van der Waals surface area contributed by atoms with Crippen LogP contribution in [-0.4, -0.2) is 34.7 Å². The van der Waals surface area contributed by atoms with E-state index in [1.165, 1.54) is 18.5 Å². The minimum atomic E-state index is -0.422. The van der Waals surface area contributed by atoms with E-state index in [0.29, 0.717) is 36.8 Å². The predicted molar refractivity (Wildman–Crippen MR) is 87.4 cm³/mol. The van der Waals surface area contributed by atoms with Gasteiger partial charge in [-0.25, -0.2) is 4.98 Å². The fourth-order valence-corrected chi connectivity index (χ4v) is 2.57. The lowest BCUT2D eigenvalue weighted by Crippen LogP contribution is -2.44. The maximum absolute atomic E-state index is 11.4. The van der Waals surface area contributed by atoms with Crippen molar-refractivity contribution in [2.45, 2.75) is 13.3 Å². The van der Waals surface area contributed by atoms with Gasteiger partial charge in [-0.1, -0.05) is 18.5 Å². The van der Waals surface area contributed by atoms with Crippen LogP contribution in [0.3, 0.4) is 0 Å². The van der Waals surface area contributed by atoms with Crippen molar-refractivity contribution in [1.29, 1.82) is 0 Å². The van der Waals surface area contributed by atoms with Gasteiger partial charge in [-0.15, -0.1) is 0 Å². The van der Waals surface area contributed by atoms with Crippen LogP contribution in [-0.2, 0) is 11.2 Å². The van der Waals surface area contributed by atoms with Gasteiger partial charge in [0.2, 0.25) is 0 Å². The van der Waals surface area contributed by atoms with Crippen LogP contribution in [0, 0.1) is 15.5 Å². The molecule has 3 rings (SSSR count). The largest absolute Gasteiger partial charge is 0.493 e. The smallest absolute Gasteiger partial charge is 0.276 e. The highest BCUT2D eigenvalue weighted by atomic mass is 35.5. The highest BCUT2D eigenvalue weighted by Crippen LogP contribution is 2.30. The summed E-state index contributed by atoms with van der Waals surface area (Å²) >= 11 is 5.80. The lowest BCUT2D eigenvalue weighted by Gasteiger charge is -2.37. The van der Waals surface area contributed by atoms with Crippen molar-refractivity contribution < 1.29 is 14.4 Å². The molecule has 0 spiro atoms. The summed E-state index contributed by atoms with van der Waals surface area (Å²) < 4.78 is 10.9. The normalized spacial score (nSPS) is 15.6. The summed E-state index contributed by atoms with van der Waals surface area (Å²) in [7, 11) is 0. The van der Waals surface area contributed by atoms with Crippen LogP contribution < -0.4 is 4.74 Å². The summed E-state index contributed by atoms with van der Waals surface area (Å²) in [5.41, 5.74) is 1.06. The summed E-state index contributed by atoms with van der Waals surface area (Å²) in [5.74, 6) is 0.468. The standard InChI is InChI=1S/C16H16ClN3O4/c1-16(8-23-9-16)10-24-13-3-2-11(14(5-13)20(21)22)4-12-6-18-7-15(17)19-12/h2-3,5-7H,4,8-10H2,1H3. The SMILES string of the molecule is CC1(COc2ccc(Cc3cncc(Cl)n3)c([N+](=O)[O-])c2)COC1. The zero-order chi connectivity index (χ0) is 17.2. The van der Waals surface area contributed by atoms with Crippen LogP contribution in [0.4, 0.5) is 5.69 Å². The Morgan fingerprint density at radius 3 is 2.83 bits per heavy atom. The van der Waals surface area contributed by atoms with E-state index in [1.807, 2.05) is 0 Å². The fraction of sp³-hybridized carbons (Fsp3) is 0.375. The Morgan fingerprint density at radius 1 is 1.42 bits per heavy atom. The van der Waals surface area contributed by atoms with E-state index in [0.717, 1.165) is 0 Å². The van der Waals surface area contributed by atoms with E-state index in [4.69, 9.17) is 21.1 Å². The Kier molecular flexibility index (Phi) is 4.64. The first kappa shape index (κ1) is 16.6. The summed E-state index contributed by atoms with van der Waals surface area (Å²) in [5, 5.41) is 11.6. The van der Waals surface area contributed by atoms with Gasteiger partial charge in [0.1, 0.15) is 10.9 Å². The van der Waals surface area contributed by atoms with Crippen molar-refractivity contribution in [1.82, 2.24) is 9.97 Å². The third-order valence-corrected chi connectivity index (χ3v) is 3.95. The van der Waals surface area contributed by atoms with Crippen molar-refractivity contribution in [3.8, 4) is 5.75 Å². The third kappa shape index (κ3) is 3.80. The molecule has 0 aliphatic carbocycles. The maximum atomic E-state index is 11.4. The average Bonchev–Trinajstić information content (AvgIpc) is 2.52. The van der Waals surface area contributed by atoms with E-state index in [9.17, 15) is 10.1 Å². The van der Waals surface area contributed by atoms with Gasteiger partial charge < -0.3 is 9.47 Å². The first-order valence-electron chi connectivity index (χ1n) is 7.39. The number of rotatable bonds is 6. The second-order valence-electron chi connectivity index (χ2n) is 6.15. The molecule has 0 radical (unpaired) electrons. The predicted octanol–water partition coefficient (Wildman–Crippen LogP) is 3.04. The maximum Gasteiger partial charge on any atom is 0.276 e. The Bertz CT molecular complexity index is 765. The minimum absolute atomic E-state index is 0.00992. The van der Waals surface area contributed by atoms with Crippen LogP contribution >= 0.6 is 11.6 Å². The zero-order valence-electron chi connectivity index (χ0n) is 13.1.